The van der Waals surface area contributed by atoms with Crippen LogP contribution >= 0.6 is 23.2 Å². The zero-order valence-electron chi connectivity index (χ0n) is 62.4. The molecule has 10 amide bonds. The first kappa shape index (κ1) is 74.8. The number of fused-ring (bicyclic) bond motifs is 2. The van der Waals surface area contributed by atoms with Crippen LogP contribution < -0.4 is 45.4 Å². The Kier molecular flexibility index (Phi) is 20.2. The minimum Gasteiger partial charge on any atom is -0.490 e. The van der Waals surface area contributed by atoms with Gasteiger partial charge in [0.05, 0.1) is 43.4 Å². The lowest BCUT2D eigenvalue weighted by molar-refractivity contribution is -0.137. The largest absolute Gasteiger partial charge is 0.490 e. The van der Waals surface area contributed by atoms with E-state index < -0.39 is 59.3 Å². The molecule has 4 N–H and O–H groups in total. The molecule has 7 saturated heterocycles. The summed E-state index contributed by atoms with van der Waals surface area (Å²) in [6, 6.07) is 38.1. The topological polar surface area (TPSA) is 311 Å². The van der Waals surface area contributed by atoms with E-state index in [1.165, 1.54) is 0 Å². The molecule has 6 aromatic carbocycles. The Labute approximate surface area is 663 Å². The number of nitrogens with zero attached hydrogens (tertiary/aromatic N) is 10. The molecule has 9 aliphatic heterocycles. The van der Waals surface area contributed by atoms with E-state index in [4.69, 9.17) is 32.7 Å². The van der Waals surface area contributed by atoms with Crippen molar-refractivity contribution >= 4 is 105 Å². The van der Waals surface area contributed by atoms with Gasteiger partial charge in [0.25, 0.3) is 35.4 Å². The SMILES string of the molecule is N#Cc1ccc(OC2CCN(C(=O)c3ccc(NCCNC4CCN(c5ccc6c(c5)C(=O)N(C5CCC(=O)NC5=O)C6=O)C(C5CN(c6ccc7c(c6)C(=O)N(C6CCC(=O)NC6=O)C7=O)CCC5CN5CCN(c6ccc(C(=O)N7CCC(Oc8ccc(C#N)c(Cl)c8)C8(CC8)C7)cc6)CC5)C4)cc3)CC23CC3)cc1Cl. The molecule has 0 radical (unpaired) electrons. The molecular formula is C85H86Cl2N14O12. The highest BCUT2D eigenvalue weighted by molar-refractivity contribution is 6.32. The number of hydrogen-bond donors (Lipinski definition) is 4. The molecule has 582 valence electrons. The van der Waals surface area contributed by atoms with Crippen molar-refractivity contribution in [1.29, 1.82) is 10.5 Å². The van der Waals surface area contributed by atoms with Gasteiger partial charge in [-0.1, -0.05) is 23.2 Å². The van der Waals surface area contributed by atoms with Crippen LogP contribution in [0.5, 0.6) is 11.5 Å². The third kappa shape index (κ3) is 14.7. The quantitative estimate of drug-likeness (QED) is 0.0435. The fraction of sp³-hybridized carbons (Fsp3) is 0.435. The van der Waals surface area contributed by atoms with Gasteiger partial charge in [-0.3, -0.25) is 73.3 Å². The number of nitrogens with one attached hydrogen (secondary N) is 4. The fourth-order valence-electron chi connectivity index (χ4n) is 19.0. The molecule has 9 heterocycles. The van der Waals surface area contributed by atoms with E-state index in [1.807, 2.05) is 70.5 Å². The number of nitriles is 2. The summed E-state index contributed by atoms with van der Waals surface area (Å²) >= 11 is 12.7. The van der Waals surface area contributed by atoms with Crippen LogP contribution in [0.2, 0.25) is 10.0 Å². The van der Waals surface area contributed by atoms with Gasteiger partial charge < -0.3 is 44.6 Å². The smallest absolute Gasteiger partial charge is 0.262 e. The zero-order chi connectivity index (χ0) is 78.1. The Morgan fingerprint density at radius 1 is 0.513 bits per heavy atom. The van der Waals surface area contributed by atoms with Crippen molar-refractivity contribution in [2.45, 2.75) is 120 Å². The van der Waals surface area contributed by atoms with Crippen molar-refractivity contribution < 1.29 is 57.4 Å². The first-order chi connectivity index (χ1) is 54.7. The number of piperidine rings is 6. The molecule has 8 unspecified atom stereocenters. The first-order valence-corrected chi connectivity index (χ1v) is 40.2. The summed E-state index contributed by atoms with van der Waals surface area (Å²) in [4.78, 5) is 152. The predicted octanol–water partition coefficient (Wildman–Crippen LogP) is 8.69. The number of likely N-dealkylation sites (tertiary alicyclic amines) is 2. The number of hydrogen-bond acceptors (Lipinski definition) is 20. The van der Waals surface area contributed by atoms with Crippen molar-refractivity contribution in [2.24, 2.45) is 22.7 Å². The van der Waals surface area contributed by atoms with Gasteiger partial charge in [-0.25, -0.2) is 0 Å². The number of carbonyl (C=O) groups is 10. The van der Waals surface area contributed by atoms with Crippen LogP contribution in [0.4, 0.5) is 22.7 Å². The van der Waals surface area contributed by atoms with Crippen molar-refractivity contribution in [1.82, 2.24) is 40.4 Å². The molecule has 2 spiro atoms. The van der Waals surface area contributed by atoms with Crippen LogP contribution in [0.25, 0.3) is 0 Å². The molecule has 6 aromatic rings. The van der Waals surface area contributed by atoms with E-state index in [1.54, 1.807) is 60.7 Å². The number of imide groups is 4. The normalized spacial score (nSPS) is 25.2. The number of rotatable bonds is 19. The third-order valence-electron chi connectivity index (χ3n) is 25.6. The van der Waals surface area contributed by atoms with E-state index in [0.717, 1.165) is 97.4 Å². The van der Waals surface area contributed by atoms with Crippen molar-refractivity contribution in [3.05, 3.63) is 176 Å². The maximum Gasteiger partial charge on any atom is 0.262 e. The second kappa shape index (κ2) is 30.5. The summed E-state index contributed by atoms with van der Waals surface area (Å²) in [5.41, 5.74) is 5.78. The predicted molar refractivity (Wildman–Crippen MR) is 418 cm³/mol. The lowest BCUT2D eigenvalue weighted by atomic mass is 9.75. The second-order valence-corrected chi connectivity index (χ2v) is 33.1. The Morgan fingerprint density at radius 2 is 1.02 bits per heavy atom. The Hall–Kier alpha value is -10.9. The molecule has 11 aliphatic rings. The standard InChI is InChI=1S/C85H86Cl2N14O12/c86-67-42-60(13-5-52(67)44-88)112-72-23-32-97(48-84(72)25-26-84)78(106)50-1-7-55(8-2-50)90-29-30-91-56-22-34-99(59-12-16-63-65(41-59)83(111)101(81(63)109)70-18-20-75(103)93-77(70)105)71(39-56)66-47-96(58-11-15-62-64(40-58)82(110)100(80(62)108)69-17-19-74(102)92-76(69)104)31-21-54(66)46-94-35-37-95(38-36-94)57-9-3-51(4-10-57)79(107)98-33-24-73(85(49-98)27-28-85)113-61-14-6-53(45-89)68(87)43-61/h1-16,40-43,54,56,66,69-73,90-91H,17-39,46-49H2,(H,92,102,104)(H,93,103,105). The van der Waals surface area contributed by atoms with Gasteiger partial charge in [-0.05, 0) is 173 Å². The molecule has 26 nitrogen and oxygen atoms in total. The van der Waals surface area contributed by atoms with Crippen LogP contribution in [0.1, 0.15) is 157 Å². The van der Waals surface area contributed by atoms with Gasteiger partial charge in [0.1, 0.15) is 47.9 Å². The van der Waals surface area contributed by atoms with Gasteiger partial charge in [-0.15, -0.1) is 0 Å². The molecule has 17 rings (SSSR count). The highest BCUT2D eigenvalue weighted by Gasteiger charge is 2.57. The van der Waals surface area contributed by atoms with Crippen LogP contribution in [0.3, 0.4) is 0 Å². The molecule has 0 bridgehead atoms. The maximum atomic E-state index is 14.6. The molecule has 28 heteroatoms. The average molecular weight is 1570 g/mol. The highest BCUT2D eigenvalue weighted by Crippen LogP contribution is 2.55. The van der Waals surface area contributed by atoms with Gasteiger partial charge in [0, 0.05) is 192 Å². The lowest BCUT2D eigenvalue weighted by Crippen LogP contribution is -2.59. The van der Waals surface area contributed by atoms with Gasteiger partial charge in [-0.2, -0.15) is 10.5 Å². The van der Waals surface area contributed by atoms with Crippen molar-refractivity contribution in [3.63, 3.8) is 0 Å². The minimum atomic E-state index is -1.14. The number of ether oxygens (including phenoxy) is 2. The highest BCUT2D eigenvalue weighted by atomic mass is 35.5. The van der Waals surface area contributed by atoms with Gasteiger partial charge >= 0.3 is 0 Å². The summed E-state index contributed by atoms with van der Waals surface area (Å²) in [5, 5.41) is 31.5. The van der Waals surface area contributed by atoms with E-state index in [9.17, 15) is 58.5 Å². The number of amides is 10. The summed E-state index contributed by atoms with van der Waals surface area (Å²) in [5.74, 6) is -3.49. The van der Waals surface area contributed by atoms with Crippen LogP contribution in [0.15, 0.2) is 121 Å². The van der Waals surface area contributed by atoms with E-state index in [-0.39, 0.29) is 107 Å². The molecule has 9 fully saturated rings. The van der Waals surface area contributed by atoms with E-state index in [0.29, 0.717) is 128 Å². The third-order valence-corrected chi connectivity index (χ3v) is 26.2. The van der Waals surface area contributed by atoms with Crippen LogP contribution in [0, 0.1) is 45.3 Å². The summed E-state index contributed by atoms with van der Waals surface area (Å²) in [6.07, 6.45) is 7.14. The van der Waals surface area contributed by atoms with Crippen LogP contribution in [-0.2, 0) is 19.2 Å². The van der Waals surface area contributed by atoms with Crippen LogP contribution in [-0.4, -0.2) is 212 Å². The van der Waals surface area contributed by atoms with Crippen molar-refractivity contribution in [2.75, 3.05) is 112 Å². The van der Waals surface area contributed by atoms with Crippen molar-refractivity contribution in [3.8, 4) is 23.6 Å². The van der Waals surface area contributed by atoms with E-state index in [2.05, 4.69) is 53.0 Å². The van der Waals surface area contributed by atoms with Gasteiger partial charge in [0.2, 0.25) is 23.6 Å². The molecule has 2 aliphatic carbocycles. The molecular weight excluding hydrogens is 1480 g/mol. The summed E-state index contributed by atoms with van der Waals surface area (Å²) in [7, 11) is 0. The number of carbonyl (C=O) groups excluding carboxylic acids is 10. The second-order valence-electron chi connectivity index (χ2n) is 32.3. The minimum absolute atomic E-state index is 0.00904. The maximum absolute atomic E-state index is 14.6. The molecule has 8 atom stereocenters. The monoisotopic (exact) mass is 1560 g/mol. The van der Waals surface area contributed by atoms with Gasteiger partial charge in [0.15, 0.2) is 0 Å². The Bertz CT molecular complexity index is 4990. The number of halogens is 2. The summed E-state index contributed by atoms with van der Waals surface area (Å²) < 4.78 is 12.9. The first-order valence-electron chi connectivity index (χ1n) is 39.4. The number of benzene rings is 6. The lowest BCUT2D eigenvalue weighted by Gasteiger charge is -2.51. The molecule has 113 heavy (non-hydrogen) atoms. The Morgan fingerprint density at radius 3 is 1.53 bits per heavy atom. The average Bonchev–Trinajstić information content (AvgIpc) is 1.66. The fourth-order valence-corrected chi connectivity index (χ4v) is 19.4. The zero-order valence-corrected chi connectivity index (χ0v) is 63.9. The molecule has 0 aromatic heterocycles. The molecule has 2 saturated carbocycles. The Balaban J connectivity index is 0.598. The van der Waals surface area contributed by atoms with E-state index >= 15 is 0 Å². The number of anilines is 4. The summed E-state index contributed by atoms with van der Waals surface area (Å²) in [6.45, 7) is 8.86. The number of piperazine rings is 1.